The lowest BCUT2D eigenvalue weighted by Gasteiger charge is -2.12. The fourth-order valence-corrected chi connectivity index (χ4v) is 3.98. The first-order chi connectivity index (χ1) is 14.5. The number of imidazole rings is 1. The molecule has 1 aliphatic heterocycles. The van der Waals surface area contributed by atoms with Crippen LogP contribution in [0.3, 0.4) is 0 Å². The van der Waals surface area contributed by atoms with E-state index >= 15 is 0 Å². The zero-order valence-corrected chi connectivity index (χ0v) is 17.4. The number of nitrogens with zero attached hydrogens (tertiary/aromatic N) is 4. The SMILES string of the molecule is CC#CC(=O)N1CCC(c2nc(C#Cc3cc(C)cc(C)c3)c3c(N)nccn23)C1. The second-order valence-electron chi connectivity index (χ2n) is 7.59. The summed E-state index contributed by atoms with van der Waals surface area (Å²) < 4.78 is 1.96. The Morgan fingerprint density at radius 3 is 2.70 bits per heavy atom. The van der Waals surface area contributed by atoms with E-state index in [0.29, 0.717) is 30.1 Å². The quantitative estimate of drug-likeness (QED) is 0.641. The summed E-state index contributed by atoms with van der Waals surface area (Å²) in [6, 6.07) is 6.22. The topological polar surface area (TPSA) is 76.5 Å². The van der Waals surface area contributed by atoms with Gasteiger partial charge in [-0.1, -0.05) is 17.9 Å². The monoisotopic (exact) mass is 397 g/mol. The molecule has 6 nitrogen and oxygen atoms in total. The van der Waals surface area contributed by atoms with E-state index in [9.17, 15) is 4.79 Å². The molecule has 1 aromatic carbocycles. The van der Waals surface area contributed by atoms with Crippen LogP contribution in [0.1, 0.15) is 47.5 Å². The molecule has 1 unspecified atom stereocenters. The van der Waals surface area contributed by atoms with E-state index in [4.69, 9.17) is 10.7 Å². The molecule has 1 saturated heterocycles. The molecule has 1 atom stereocenters. The van der Waals surface area contributed by atoms with Crippen LogP contribution < -0.4 is 5.73 Å². The number of anilines is 1. The highest BCUT2D eigenvalue weighted by atomic mass is 16.2. The van der Waals surface area contributed by atoms with Crippen LogP contribution in [0.5, 0.6) is 0 Å². The third kappa shape index (κ3) is 3.73. The summed E-state index contributed by atoms with van der Waals surface area (Å²) in [5.41, 5.74) is 10.8. The van der Waals surface area contributed by atoms with Gasteiger partial charge >= 0.3 is 0 Å². The van der Waals surface area contributed by atoms with Crippen molar-refractivity contribution in [3.05, 3.63) is 58.8 Å². The van der Waals surface area contributed by atoms with Gasteiger partial charge in [-0.3, -0.25) is 9.20 Å². The molecule has 0 saturated carbocycles. The number of hydrogen-bond donors (Lipinski definition) is 1. The molecule has 1 aliphatic rings. The van der Waals surface area contributed by atoms with Gasteiger partial charge in [-0.15, -0.1) is 0 Å². The molecular formula is C24H23N5O. The molecule has 1 amide bonds. The number of nitrogen functional groups attached to an aromatic ring is 1. The Hall–Kier alpha value is -3.77. The summed E-state index contributed by atoms with van der Waals surface area (Å²) in [6.45, 7) is 7.03. The van der Waals surface area contributed by atoms with Crippen molar-refractivity contribution in [3.63, 3.8) is 0 Å². The van der Waals surface area contributed by atoms with Crippen LogP contribution in [0.2, 0.25) is 0 Å². The summed E-state index contributed by atoms with van der Waals surface area (Å²) in [4.78, 5) is 23.0. The number of aryl methyl sites for hydroxylation is 2. The van der Waals surface area contributed by atoms with E-state index in [1.165, 1.54) is 11.1 Å². The Labute approximate surface area is 176 Å². The number of fused-ring (bicyclic) bond motifs is 1. The lowest BCUT2D eigenvalue weighted by Crippen LogP contribution is -2.27. The number of hydrogen-bond acceptors (Lipinski definition) is 4. The second-order valence-corrected chi connectivity index (χ2v) is 7.59. The van der Waals surface area contributed by atoms with Gasteiger partial charge in [0.2, 0.25) is 0 Å². The molecule has 0 bridgehead atoms. The van der Waals surface area contributed by atoms with Crippen molar-refractivity contribution < 1.29 is 4.79 Å². The van der Waals surface area contributed by atoms with Crippen molar-refractivity contribution in [2.75, 3.05) is 18.8 Å². The summed E-state index contributed by atoms with van der Waals surface area (Å²) in [7, 11) is 0. The zero-order chi connectivity index (χ0) is 21.3. The maximum Gasteiger partial charge on any atom is 0.298 e. The molecule has 0 spiro atoms. The van der Waals surface area contributed by atoms with Crippen molar-refractivity contribution in [2.24, 2.45) is 0 Å². The van der Waals surface area contributed by atoms with Crippen LogP contribution >= 0.6 is 0 Å². The number of aromatic nitrogens is 3. The largest absolute Gasteiger partial charge is 0.382 e. The summed E-state index contributed by atoms with van der Waals surface area (Å²) >= 11 is 0. The summed E-state index contributed by atoms with van der Waals surface area (Å²) in [6.07, 6.45) is 4.34. The van der Waals surface area contributed by atoms with Gasteiger partial charge < -0.3 is 10.6 Å². The Kier molecular flexibility index (Phi) is 5.16. The first-order valence-electron chi connectivity index (χ1n) is 9.90. The first-order valence-corrected chi connectivity index (χ1v) is 9.90. The van der Waals surface area contributed by atoms with Gasteiger partial charge in [0.15, 0.2) is 5.82 Å². The van der Waals surface area contributed by atoms with Gasteiger partial charge in [-0.2, -0.15) is 0 Å². The minimum absolute atomic E-state index is 0.0960. The third-order valence-corrected chi connectivity index (χ3v) is 5.23. The van der Waals surface area contributed by atoms with Crippen LogP contribution in [0.4, 0.5) is 5.82 Å². The number of amides is 1. The number of rotatable bonds is 1. The molecule has 30 heavy (non-hydrogen) atoms. The van der Waals surface area contributed by atoms with Crippen LogP contribution in [0.15, 0.2) is 30.6 Å². The predicted octanol–water partition coefficient (Wildman–Crippen LogP) is 2.67. The summed E-state index contributed by atoms with van der Waals surface area (Å²) in [5, 5.41) is 0. The molecule has 1 fully saturated rings. The van der Waals surface area contributed by atoms with Crippen molar-refractivity contribution in [1.29, 1.82) is 0 Å². The standard InChI is InChI=1S/C24H23N5O/c1-4-5-21(30)28-10-8-19(15-28)24-27-20(22-23(25)26-9-11-29(22)24)7-6-18-13-16(2)12-17(3)14-18/h9,11-14,19H,8,10,15H2,1-3H3,(H2,25,26). The van der Waals surface area contributed by atoms with E-state index in [1.54, 1.807) is 18.0 Å². The summed E-state index contributed by atoms with van der Waals surface area (Å²) in [5.74, 6) is 12.9. The number of carbonyl (C=O) groups is 1. The van der Waals surface area contributed by atoms with Crippen molar-refractivity contribution in [1.82, 2.24) is 19.3 Å². The van der Waals surface area contributed by atoms with Gasteiger partial charge in [-0.05, 0) is 62.3 Å². The lowest BCUT2D eigenvalue weighted by molar-refractivity contribution is -0.124. The Bertz CT molecular complexity index is 1250. The van der Waals surface area contributed by atoms with Crippen LogP contribution in [0, 0.1) is 37.5 Å². The highest BCUT2D eigenvalue weighted by Crippen LogP contribution is 2.29. The average Bonchev–Trinajstić information content (AvgIpc) is 3.31. The molecule has 3 heterocycles. The molecule has 0 radical (unpaired) electrons. The number of benzene rings is 1. The predicted molar refractivity (Wildman–Crippen MR) is 117 cm³/mol. The van der Waals surface area contributed by atoms with Gasteiger partial charge in [0.25, 0.3) is 5.91 Å². The highest BCUT2D eigenvalue weighted by molar-refractivity contribution is 5.93. The smallest absolute Gasteiger partial charge is 0.298 e. The fraction of sp³-hybridized carbons (Fsp3) is 0.292. The fourth-order valence-electron chi connectivity index (χ4n) is 3.98. The van der Waals surface area contributed by atoms with Crippen LogP contribution in [0.25, 0.3) is 5.52 Å². The normalized spacial score (nSPS) is 15.4. The Morgan fingerprint density at radius 2 is 1.97 bits per heavy atom. The van der Waals surface area contributed by atoms with E-state index in [2.05, 4.69) is 60.7 Å². The van der Waals surface area contributed by atoms with E-state index in [-0.39, 0.29) is 11.8 Å². The highest BCUT2D eigenvalue weighted by Gasteiger charge is 2.30. The molecule has 2 N–H and O–H groups in total. The van der Waals surface area contributed by atoms with Gasteiger partial charge in [0, 0.05) is 37.0 Å². The van der Waals surface area contributed by atoms with Gasteiger partial charge in [0.1, 0.15) is 17.0 Å². The van der Waals surface area contributed by atoms with E-state index in [1.807, 2.05) is 10.6 Å². The van der Waals surface area contributed by atoms with Crippen LogP contribution in [-0.2, 0) is 4.79 Å². The minimum Gasteiger partial charge on any atom is -0.382 e. The van der Waals surface area contributed by atoms with Gasteiger partial charge in [-0.25, -0.2) is 9.97 Å². The molecule has 2 aromatic heterocycles. The van der Waals surface area contributed by atoms with Crippen LogP contribution in [-0.4, -0.2) is 38.3 Å². The second kappa shape index (κ2) is 7.93. The maximum atomic E-state index is 12.1. The third-order valence-electron chi connectivity index (χ3n) is 5.23. The number of nitrogens with two attached hydrogens (primary N) is 1. The number of likely N-dealkylation sites (tertiary alicyclic amines) is 1. The average molecular weight is 397 g/mol. The maximum absolute atomic E-state index is 12.1. The Balaban J connectivity index is 1.74. The molecule has 6 heteroatoms. The first kappa shape index (κ1) is 19.5. The van der Waals surface area contributed by atoms with Crippen molar-refractivity contribution in [3.8, 4) is 23.7 Å². The van der Waals surface area contributed by atoms with E-state index < -0.39 is 0 Å². The number of carbonyl (C=O) groups excluding carboxylic acids is 1. The van der Waals surface area contributed by atoms with E-state index in [0.717, 1.165) is 17.8 Å². The lowest BCUT2D eigenvalue weighted by atomic mass is 10.1. The zero-order valence-electron chi connectivity index (χ0n) is 17.4. The molecular weight excluding hydrogens is 374 g/mol. The van der Waals surface area contributed by atoms with Gasteiger partial charge in [0.05, 0.1) is 0 Å². The molecule has 4 rings (SSSR count). The molecule has 150 valence electrons. The van der Waals surface area contributed by atoms with Crippen molar-refractivity contribution in [2.45, 2.75) is 33.1 Å². The van der Waals surface area contributed by atoms with Crippen molar-refractivity contribution >= 4 is 17.2 Å². The Morgan fingerprint density at radius 1 is 1.20 bits per heavy atom. The molecule has 3 aromatic rings. The molecule has 0 aliphatic carbocycles. The minimum atomic E-state index is -0.142.